The van der Waals surface area contributed by atoms with Crippen molar-refractivity contribution in [3.8, 4) is 0 Å². The number of nitrogens with one attached hydrogen (secondary N) is 1. The van der Waals surface area contributed by atoms with Gasteiger partial charge < -0.3 is 5.11 Å². The van der Waals surface area contributed by atoms with Gasteiger partial charge in [0.1, 0.15) is 0 Å². The van der Waals surface area contributed by atoms with E-state index in [4.69, 9.17) is 5.11 Å². The highest BCUT2D eigenvalue weighted by Crippen LogP contribution is 2.19. The molecule has 60 valence electrons. The number of hydrogen-bond acceptors (Lipinski definition) is 2. The normalized spacial score (nSPS) is 11.5. The number of carbonyl (C=O) groups is 1. The van der Waals surface area contributed by atoms with Crippen LogP contribution in [0.5, 0.6) is 0 Å². The molecule has 10 heavy (non-hydrogen) atoms. The van der Waals surface area contributed by atoms with Gasteiger partial charge in [-0.15, -0.1) is 0 Å². The predicted octanol–water partition coefficient (Wildman–Crippen LogP) is 1.43. The topological polar surface area (TPSA) is 49.3 Å². The summed E-state index contributed by atoms with van der Waals surface area (Å²) in [7, 11) is 0. The summed E-state index contributed by atoms with van der Waals surface area (Å²) in [4.78, 5) is 10.5. The van der Waals surface area contributed by atoms with Crippen LogP contribution in [0.1, 0.15) is 20.3 Å². The van der Waals surface area contributed by atoms with Crippen LogP contribution in [-0.2, 0) is 4.79 Å². The van der Waals surface area contributed by atoms with E-state index in [-0.39, 0.29) is 0 Å². The summed E-state index contributed by atoms with van der Waals surface area (Å²) in [6.45, 7) is 4.19. The number of rotatable bonds is 4. The molecule has 0 atom stereocenters. The zero-order valence-corrected chi connectivity index (χ0v) is 8.31. The molecule has 0 fully saturated rings. The number of carboxylic acids is 1. The summed E-state index contributed by atoms with van der Waals surface area (Å²) in [5.41, 5.74) is -0.599. The van der Waals surface area contributed by atoms with Gasteiger partial charge in [-0.3, -0.25) is 8.32 Å². The molecule has 0 aromatic rings. The van der Waals surface area contributed by atoms with Crippen LogP contribution < -0.4 is 3.53 Å². The van der Waals surface area contributed by atoms with Crippen molar-refractivity contribution in [1.29, 1.82) is 0 Å². The molecule has 0 aromatic heterocycles. The molecule has 0 unspecified atom stereocenters. The molecule has 0 saturated heterocycles. The smallest absolute Gasteiger partial charge is 0.309 e. The Balaban J connectivity index is 3.75. The lowest BCUT2D eigenvalue weighted by Gasteiger charge is -2.17. The minimum atomic E-state index is -0.737. The van der Waals surface area contributed by atoms with Gasteiger partial charge in [-0.2, -0.15) is 0 Å². The number of aliphatic carboxylic acids is 1. The second-order valence-corrected chi connectivity index (χ2v) is 3.59. The highest BCUT2D eigenvalue weighted by atomic mass is 127. The highest BCUT2D eigenvalue weighted by molar-refractivity contribution is 14.1. The Hall–Kier alpha value is 0.160. The van der Waals surface area contributed by atoms with Gasteiger partial charge >= 0.3 is 5.97 Å². The van der Waals surface area contributed by atoms with E-state index in [0.29, 0.717) is 6.42 Å². The van der Waals surface area contributed by atoms with Crippen LogP contribution in [0.4, 0.5) is 0 Å². The minimum absolute atomic E-state index is 0.599. The lowest BCUT2D eigenvalue weighted by Crippen LogP contribution is -2.26. The lowest BCUT2D eigenvalue weighted by atomic mass is 9.90. The van der Waals surface area contributed by atoms with Crippen LogP contribution in [0, 0.1) is 5.41 Å². The molecule has 0 aliphatic heterocycles. The molecule has 0 bridgehead atoms. The van der Waals surface area contributed by atoms with E-state index in [1.54, 1.807) is 13.8 Å². The molecule has 0 saturated carbocycles. The minimum Gasteiger partial charge on any atom is -0.481 e. The van der Waals surface area contributed by atoms with E-state index in [0.717, 1.165) is 6.54 Å². The fraction of sp³-hybridized carbons (Fsp3) is 0.833. The Bertz CT molecular complexity index is 125. The van der Waals surface area contributed by atoms with Crippen LogP contribution in [0.25, 0.3) is 0 Å². The summed E-state index contributed by atoms with van der Waals surface area (Å²) in [5.74, 6) is -0.737. The van der Waals surface area contributed by atoms with Gasteiger partial charge in [-0.05, 0) is 20.3 Å². The van der Waals surface area contributed by atoms with Gasteiger partial charge in [0, 0.05) is 29.4 Å². The third-order valence-corrected chi connectivity index (χ3v) is 1.96. The molecule has 0 rings (SSSR count). The molecule has 0 aromatic carbocycles. The first-order chi connectivity index (χ1) is 4.50. The highest BCUT2D eigenvalue weighted by Gasteiger charge is 2.25. The Morgan fingerprint density at radius 3 is 2.50 bits per heavy atom. The third-order valence-electron chi connectivity index (χ3n) is 1.42. The van der Waals surface area contributed by atoms with Crippen molar-refractivity contribution in [2.45, 2.75) is 20.3 Å². The van der Waals surface area contributed by atoms with E-state index in [1.165, 1.54) is 0 Å². The maximum Gasteiger partial charge on any atom is 0.309 e. The molecule has 0 radical (unpaired) electrons. The molecule has 0 aliphatic carbocycles. The number of halogens is 1. The maximum absolute atomic E-state index is 10.5. The van der Waals surface area contributed by atoms with Crippen molar-refractivity contribution in [2.24, 2.45) is 5.41 Å². The van der Waals surface area contributed by atoms with Gasteiger partial charge in [-0.25, -0.2) is 0 Å². The summed E-state index contributed by atoms with van der Waals surface area (Å²) >= 11 is 2.01. The van der Waals surface area contributed by atoms with Crippen molar-refractivity contribution in [3.63, 3.8) is 0 Å². The monoisotopic (exact) mass is 257 g/mol. The Morgan fingerprint density at radius 1 is 1.70 bits per heavy atom. The SMILES string of the molecule is CC(C)(CCNI)C(=O)O. The molecule has 2 N–H and O–H groups in total. The summed E-state index contributed by atoms with van der Waals surface area (Å²) < 4.78 is 2.89. The lowest BCUT2D eigenvalue weighted by molar-refractivity contribution is -0.147. The van der Waals surface area contributed by atoms with Crippen LogP contribution >= 0.6 is 22.9 Å². The quantitative estimate of drug-likeness (QED) is 0.591. The summed E-state index contributed by atoms with van der Waals surface area (Å²) in [5, 5.41) is 8.64. The van der Waals surface area contributed by atoms with Crippen LogP contribution in [0.3, 0.4) is 0 Å². The Labute approximate surface area is 74.7 Å². The van der Waals surface area contributed by atoms with Gasteiger partial charge in [0.2, 0.25) is 0 Å². The maximum atomic E-state index is 10.5. The van der Waals surface area contributed by atoms with E-state index >= 15 is 0 Å². The molecule has 0 aliphatic rings. The average Bonchev–Trinajstić information content (AvgIpc) is 1.84. The van der Waals surface area contributed by atoms with E-state index in [2.05, 4.69) is 3.53 Å². The van der Waals surface area contributed by atoms with Gasteiger partial charge in [0.15, 0.2) is 0 Å². The fourth-order valence-electron chi connectivity index (χ4n) is 0.467. The molecule has 3 nitrogen and oxygen atoms in total. The first-order valence-corrected chi connectivity index (χ1v) is 4.15. The number of hydrogen-bond donors (Lipinski definition) is 2. The van der Waals surface area contributed by atoms with Crippen molar-refractivity contribution < 1.29 is 9.90 Å². The standard InChI is InChI=1S/C6H12INO2/c1-6(2,5(9)10)3-4-8-7/h8H,3-4H2,1-2H3,(H,9,10). The molecule has 4 heteroatoms. The molecular formula is C6H12INO2. The average molecular weight is 257 g/mol. The largest absolute Gasteiger partial charge is 0.481 e. The molecular weight excluding hydrogens is 245 g/mol. The molecule has 0 spiro atoms. The van der Waals surface area contributed by atoms with Crippen LogP contribution in [0.2, 0.25) is 0 Å². The van der Waals surface area contributed by atoms with Crippen LogP contribution in [-0.4, -0.2) is 17.6 Å². The number of carboxylic acid groups (broad SMARTS) is 1. The van der Waals surface area contributed by atoms with Crippen molar-refractivity contribution in [3.05, 3.63) is 0 Å². The predicted molar refractivity (Wildman–Crippen MR) is 48.1 cm³/mol. The van der Waals surface area contributed by atoms with Gasteiger partial charge in [-0.1, -0.05) is 0 Å². The summed E-state index contributed by atoms with van der Waals surface area (Å²) in [6, 6.07) is 0. The summed E-state index contributed by atoms with van der Waals surface area (Å²) in [6.07, 6.45) is 0.658. The molecule has 0 amide bonds. The fourth-order valence-corrected chi connectivity index (χ4v) is 0.736. The van der Waals surface area contributed by atoms with Gasteiger partial charge in [0.05, 0.1) is 5.41 Å². The first kappa shape index (κ1) is 10.2. The second kappa shape index (κ2) is 4.12. The second-order valence-electron chi connectivity index (χ2n) is 2.82. The third kappa shape index (κ3) is 3.36. The van der Waals surface area contributed by atoms with Crippen molar-refractivity contribution in [1.82, 2.24) is 3.53 Å². The van der Waals surface area contributed by atoms with Gasteiger partial charge in [0.25, 0.3) is 0 Å². The van der Waals surface area contributed by atoms with E-state index < -0.39 is 11.4 Å². The zero-order valence-electron chi connectivity index (χ0n) is 6.15. The Kier molecular flexibility index (Phi) is 4.19. The van der Waals surface area contributed by atoms with Crippen molar-refractivity contribution in [2.75, 3.05) is 6.54 Å². The van der Waals surface area contributed by atoms with E-state index in [9.17, 15) is 4.79 Å². The molecule has 0 heterocycles. The van der Waals surface area contributed by atoms with Crippen LogP contribution in [0.15, 0.2) is 0 Å². The van der Waals surface area contributed by atoms with E-state index in [1.807, 2.05) is 22.9 Å². The Morgan fingerprint density at radius 2 is 2.20 bits per heavy atom. The van der Waals surface area contributed by atoms with Crippen molar-refractivity contribution >= 4 is 28.8 Å². The zero-order chi connectivity index (χ0) is 8.20. The first-order valence-electron chi connectivity index (χ1n) is 3.07.